The number of hydrogen-bond acceptors (Lipinski definition) is 3. The fourth-order valence-electron chi connectivity index (χ4n) is 2.61. The van der Waals surface area contributed by atoms with Crippen LogP contribution in [0.3, 0.4) is 0 Å². The lowest BCUT2D eigenvalue weighted by Crippen LogP contribution is -2.27. The second-order valence-corrected chi connectivity index (χ2v) is 5.37. The molecule has 3 nitrogen and oxygen atoms in total. The third-order valence-electron chi connectivity index (χ3n) is 3.75. The van der Waals surface area contributed by atoms with E-state index in [-0.39, 0.29) is 18.0 Å². The molecule has 2 rings (SSSR count). The zero-order valence-electron chi connectivity index (χ0n) is 12.2. The Hall–Kier alpha value is -1.35. The van der Waals surface area contributed by atoms with Crippen molar-refractivity contribution in [3.05, 3.63) is 35.9 Å². The van der Waals surface area contributed by atoms with Crippen molar-refractivity contribution in [1.82, 2.24) is 0 Å². The van der Waals surface area contributed by atoms with Crippen molar-refractivity contribution in [1.29, 1.82) is 0 Å². The van der Waals surface area contributed by atoms with Gasteiger partial charge in [-0.25, -0.2) is 0 Å². The Morgan fingerprint density at radius 1 is 1.35 bits per heavy atom. The Labute approximate surface area is 121 Å². The van der Waals surface area contributed by atoms with Gasteiger partial charge < -0.3 is 9.47 Å². The van der Waals surface area contributed by atoms with E-state index in [2.05, 4.69) is 6.92 Å². The smallest absolute Gasteiger partial charge is 0.313 e. The molecule has 2 unspecified atom stereocenters. The summed E-state index contributed by atoms with van der Waals surface area (Å²) >= 11 is 0. The van der Waals surface area contributed by atoms with Crippen molar-refractivity contribution in [2.75, 3.05) is 13.2 Å². The van der Waals surface area contributed by atoms with Gasteiger partial charge in [-0.05, 0) is 31.2 Å². The lowest BCUT2D eigenvalue weighted by Gasteiger charge is -2.23. The average molecular weight is 276 g/mol. The Morgan fingerprint density at radius 2 is 2.15 bits per heavy atom. The molecule has 1 fully saturated rings. The predicted octanol–water partition coefficient (Wildman–Crippen LogP) is 3.68. The van der Waals surface area contributed by atoms with Gasteiger partial charge in [-0.2, -0.15) is 0 Å². The minimum absolute atomic E-state index is 0.0887. The normalized spacial score (nSPS) is 20.4. The molecular weight excluding hydrogens is 252 g/mol. The van der Waals surface area contributed by atoms with Gasteiger partial charge in [-0.1, -0.05) is 43.7 Å². The fraction of sp³-hybridized carbons (Fsp3) is 0.588. The Kier molecular flexibility index (Phi) is 6.06. The number of carbonyl (C=O) groups excluding carboxylic acids is 1. The van der Waals surface area contributed by atoms with Gasteiger partial charge in [0.1, 0.15) is 6.61 Å². The summed E-state index contributed by atoms with van der Waals surface area (Å²) in [5.41, 5.74) is 1.05. The molecule has 0 N–H and O–H groups in total. The van der Waals surface area contributed by atoms with Crippen LogP contribution in [0.1, 0.15) is 50.5 Å². The molecule has 0 aromatic heterocycles. The zero-order chi connectivity index (χ0) is 14.2. The maximum absolute atomic E-state index is 12.3. The van der Waals surface area contributed by atoms with Crippen LogP contribution in [0.5, 0.6) is 0 Å². The highest BCUT2D eigenvalue weighted by Gasteiger charge is 2.23. The lowest BCUT2D eigenvalue weighted by molar-refractivity contribution is -0.151. The first-order chi connectivity index (χ1) is 9.81. The van der Waals surface area contributed by atoms with Crippen LogP contribution in [-0.2, 0) is 14.3 Å². The molecule has 110 valence electrons. The van der Waals surface area contributed by atoms with Crippen LogP contribution >= 0.6 is 0 Å². The first-order valence-corrected chi connectivity index (χ1v) is 7.64. The number of rotatable bonds is 6. The minimum atomic E-state index is -0.148. The van der Waals surface area contributed by atoms with E-state index in [1.165, 1.54) is 6.42 Å². The SMILES string of the molecule is CCCC(C(=O)OCC1CCCCO1)c1ccccc1. The quantitative estimate of drug-likeness (QED) is 0.743. The van der Waals surface area contributed by atoms with Crippen molar-refractivity contribution < 1.29 is 14.3 Å². The highest BCUT2D eigenvalue weighted by atomic mass is 16.6. The third-order valence-corrected chi connectivity index (χ3v) is 3.75. The molecule has 20 heavy (non-hydrogen) atoms. The second-order valence-electron chi connectivity index (χ2n) is 5.37. The average Bonchev–Trinajstić information content (AvgIpc) is 2.52. The summed E-state index contributed by atoms with van der Waals surface area (Å²) in [4.78, 5) is 12.3. The van der Waals surface area contributed by atoms with Gasteiger partial charge in [0.05, 0.1) is 12.0 Å². The molecule has 0 spiro atoms. The Morgan fingerprint density at radius 3 is 2.80 bits per heavy atom. The van der Waals surface area contributed by atoms with Crippen molar-refractivity contribution >= 4 is 5.97 Å². The summed E-state index contributed by atoms with van der Waals surface area (Å²) in [5, 5.41) is 0. The number of carbonyl (C=O) groups is 1. The van der Waals surface area contributed by atoms with E-state index in [1.54, 1.807) is 0 Å². The van der Waals surface area contributed by atoms with E-state index in [9.17, 15) is 4.79 Å². The summed E-state index contributed by atoms with van der Waals surface area (Å²) in [5.74, 6) is -0.267. The molecule has 1 aliphatic rings. The number of hydrogen-bond donors (Lipinski definition) is 0. The molecule has 0 aliphatic carbocycles. The highest BCUT2D eigenvalue weighted by Crippen LogP contribution is 2.23. The van der Waals surface area contributed by atoms with Gasteiger partial charge in [0, 0.05) is 6.61 Å². The molecule has 1 aromatic carbocycles. The zero-order valence-corrected chi connectivity index (χ0v) is 12.2. The summed E-state index contributed by atoms with van der Waals surface area (Å²) in [6, 6.07) is 9.90. The summed E-state index contributed by atoms with van der Waals surface area (Å²) < 4.78 is 11.1. The molecule has 1 aliphatic heterocycles. The van der Waals surface area contributed by atoms with Gasteiger partial charge in [0.25, 0.3) is 0 Å². The molecule has 2 atom stereocenters. The number of ether oxygens (including phenoxy) is 2. The van der Waals surface area contributed by atoms with Gasteiger partial charge in [-0.3, -0.25) is 4.79 Å². The first-order valence-electron chi connectivity index (χ1n) is 7.64. The van der Waals surface area contributed by atoms with Crippen LogP contribution in [0.4, 0.5) is 0 Å². The molecule has 0 bridgehead atoms. The van der Waals surface area contributed by atoms with E-state index < -0.39 is 0 Å². The van der Waals surface area contributed by atoms with Crippen LogP contribution in [0.15, 0.2) is 30.3 Å². The summed E-state index contributed by atoms with van der Waals surface area (Å²) in [6.07, 6.45) is 5.16. The van der Waals surface area contributed by atoms with Gasteiger partial charge in [0.15, 0.2) is 0 Å². The predicted molar refractivity (Wildman–Crippen MR) is 78.6 cm³/mol. The van der Waals surface area contributed by atoms with Crippen molar-refractivity contribution in [3.8, 4) is 0 Å². The minimum Gasteiger partial charge on any atom is -0.462 e. The maximum atomic E-state index is 12.3. The fourth-order valence-corrected chi connectivity index (χ4v) is 2.61. The number of esters is 1. The molecule has 1 saturated heterocycles. The monoisotopic (exact) mass is 276 g/mol. The lowest BCUT2D eigenvalue weighted by atomic mass is 9.95. The topological polar surface area (TPSA) is 35.5 Å². The maximum Gasteiger partial charge on any atom is 0.313 e. The Balaban J connectivity index is 1.90. The molecule has 0 amide bonds. The van der Waals surface area contributed by atoms with Crippen molar-refractivity contribution in [2.24, 2.45) is 0 Å². The van der Waals surface area contributed by atoms with Gasteiger partial charge in [0.2, 0.25) is 0 Å². The third kappa shape index (κ3) is 4.34. The number of benzene rings is 1. The van der Waals surface area contributed by atoms with Crippen LogP contribution in [-0.4, -0.2) is 25.3 Å². The molecule has 3 heteroatoms. The molecular formula is C17H24O3. The van der Waals surface area contributed by atoms with E-state index in [0.29, 0.717) is 6.61 Å². The van der Waals surface area contributed by atoms with E-state index in [0.717, 1.165) is 37.9 Å². The molecule has 0 saturated carbocycles. The highest BCUT2D eigenvalue weighted by molar-refractivity contribution is 5.78. The van der Waals surface area contributed by atoms with Crippen LogP contribution in [0.2, 0.25) is 0 Å². The van der Waals surface area contributed by atoms with Gasteiger partial charge in [-0.15, -0.1) is 0 Å². The molecule has 1 aromatic rings. The van der Waals surface area contributed by atoms with Crippen LogP contribution in [0.25, 0.3) is 0 Å². The summed E-state index contributed by atoms with van der Waals surface area (Å²) in [6.45, 7) is 3.28. The van der Waals surface area contributed by atoms with Crippen molar-refractivity contribution in [3.63, 3.8) is 0 Å². The second kappa shape index (κ2) is 8.05. The van der Waals surface area contributed by atoms with E-state index >= 15 is 0 Å². The van der Waals surface area contributed by atoms with Gasteiger partial charge >= 0.3 is 5.97 Å². The van der Waals surface area contributed by atoms with E-state index in [1.807, 2.05) is 30.3 Å². The van der Waals surface area contributed by atoms with E-state index in [4.69, 9.17) is 9.47 Å². The van der Waals surface area contributed by atoms with Crippen LogP contribution < -0.4 is 0 Å². The van der Waals surface area contributed by atoms with Crippen molar-refractivity contribution in [2.45, 2.75) is 51.0 Å². The summed E-state index contributed by atoms with van der Waals surface area (Å²) in [7, 11) is 0. The molecule has 0 radical (unpaired) electrons. The largest absolute Gasteiger partial charge is 0.462 e. The van der Waals surface area contributed by atoms with Crippen LogP contribution in [0, 0.1) is 0 Å². The molecule has 1 heterocycles. The standard InChI is InChI=1S/C17H24O3/c1-2-8-16(14-9-4-3-5-10-14)17(18)20-13-15-11-6-7-12-19-15/h3-5,9-10,15-16H,2,6-8,11-13H2,1H3. The first kappa shape index (κ1) is 15.0. The Bertz CT molecular complexity index is 396.